The van der Waals surface area contributed by atoms with E-state index in [1.807, 2.05) is 0 Å². The highest BCUT2D eigenvalue weighted by atomic mass is 16.6. The maximum absolute atomic E-state index is 5.55. The second kappa shape index (κ2) is 4.97. The minimum absolute atomic E-state index is 0.170. The summed E-state index contributed by atoms with van der Waals surface area (Å²) in [6, 6.07) is 0. The van der Waals surface area contributed by atoms with Crippen LogP contribution in [0, 0.1) is 0 Å². The standard InChI is InChI=1S/C13H24O/c1-5-6-7-8-11(2)9-10-12-13(3,4)14-12/h8,12H,5-7,9-10H2,1-4H3. The van der Waals surface area contributed by atoms with Gasteiger partial charge in [0.1, 0.15) is 0 Å². The normalized spacial score (nSPS) is 25.1. The van der Waals surface area contributed by atoms with Crippen LogP contribution in [0.5, 0.6) is 0 Å². The molecule has 0 aromatic carbocycles. The molecule has 0 N–H and O–H groups in total. The summed E-state index contributed by atoms with van der Waals surface area (Å²) < 4.78 is 5.55. The first-order valence-corrected chi connectivity index (χ1v) is 5.89. The van der Waals surface area contributed by atoms with Gasteiger partial charge in [0.2, 0.25) is 0 Å². The molecule has 1 heteroatoms. The van der Waals surface area contributed by atoms with Crippen molar-refractivity contribution in [1.82, 2.24) is 0 Å². The third-order valence-corrected chi connectivity index (χ3v) is 3.02. The van der Waals surface area contributed by atoms with E-state index in [0.717, 1.165) is 0 Å². The van der Waals surface area contributed by atoms with E-state index in [0.29, 0.717) is 6.10 Å². The van der Waals surface area contributed by atoms with Gasteiger partial charge in [-0.25, -0.2) is 0 Å². The molecule has 0 amide bonds. The van der Waals surface area contributed by atoms with E-state index >= 15 is 0 Å². The number of hydrogen-bond acceptors (Lipinski definition) is 1. The third-order valence-electron chi connectivity index (χ3n) is 3.02. The fraction of sp³-hybridized carbons (Fsp3) is 0.846. The van der Waals surface area contributed by atoms with Crippen LogP contribution in [0.2, 0.25) is 0 Å². The molecule has 14 heavy (non-hydrogen) atoms. The zero-order chi connectivity index (χ0) is 10.6. The van der Waals surface area contributed by atoms with Gasteiger partial charge in [0.05, 0.1) is 11.7 Å². The fourth-order valence-electron chi connectivity index (χ4n) is 1.75. The largest absolute Gasteiger partial charge is 0.367 e. The number of unbranched alkanes of at least 4 members (excludes halogenated alkanes) is 2. The molecule has 0 bridgehead atoms. The van der Waals surface area contributed by atoms with Gasteiger partial charge in [0.15, 0.2) is 0 Å². The Labute approximate surface area is 88.5 Å². The highest BCUT2D eigenvalue weighted by molar-refractivity contribution is 5.02. The van der Waals surface area contributed by atoms with Crippen LogP contribution < -0.4 is 0 Å². The highest BCUT2D eigenvalue weighted by Crippen LogP contribution is 2.38. The lowest BCUT2D eigenvalue weighted by Crippen LogP contribution is -2.02. The Morgan fingerprint density at radius 2 is 2.07 bits per heavy atom. The van der Waals surface area contributed by atoms with E-state index in [9.17, 15) is 0 Å². The zero-order valence-corrected chi connectivity index (χ0v) is 10.1. The molecule has 1 unspecified atom stereocenters. The molecular weight excluding hydrogens is 172 g/mol. The van der Waals surface area contributed by atoms with Crippen LogP contribution >= 0.6 is 0 Å². The summed E-state index contributed by atoms with van der Waals surface area (Å²) in [5, 5.41) is 0. The molecule has 1 rings (SSSR count). The molecular formula is C13H24O. The summed E-state index contributed by atoms with van der Waals surface area (Å²) >= 11 is 0. The number of allylic oxidation sites excluding steroid dienone is 2. The lowest BCUT2D eigenvalue weighted by Gasteiger charge is -2.00. The van der Waals surface area contributed by atoms with Gasteiger partial charge in [0.25, 0.3) is 0 Å². The maximum Gasteiger partial charge on any atom is 0.0892 e. The van der Waals surface area contributed by atoms with Gasteiger partial charge in [-0.2, -0.15) is 0 Å². The molecule has 1 atom stereocenters. The van der Waals surface area contributed by atoms with Crippen LogP contribution in [0.4, 0.5) is 0 Å². The van der Waals surface area contributed by atoms with Crippen LogP contribution in [0.3, 0.4) is 0 Å². The predicted molar refractivity (Wildman–Crippen MR) is 61.5 cm³/mol. The van der Waals surface area contributed by atoms with E-state index in [4.69, 9.17) is 4.74 Å². The van der Waals surface area contributed by atoms with Crippen molar-refractivity contribution < 1.29 is 4.74 Å². The Bertz CT molecular complexity index is 203. The topological polar surface area (TPSA) is 12.5 Å². The van der Waals surface area contributed by atoms with Crippen molar-refractivity contribution in [1.29, 1.82) is 0 Å². The number of hydrogen-bond donors (Lipinski definition) is 0. The summed E-state index contributed by atoms with van der Waals surface area (Å²) in [5.41, 5.74) is 1.70. The van der Waals surface area contributed by atoms with E-state index < -0.39 is 0 Å². The summed E-state index contributed by atoms with van der Waals surface area (Å²) in [4.78, 5) is 0. The van der Waals surface area contributed by atoms with E-state index in [1.54, 1.807) is 0 Å². The van der Waals surface area contributed by atoms with Crippen molar-refractivity contribution in [3.63, 3.8) is 0 Å². The van der Waals surface area contributed by atoms with Crippen molar-refractivity contribution >= 4 is 0 Å². The second-order valence-corrected chi connectivity index (χ2v) is 4.94. The molecule has 0 aromatic heterocycles. The SMILES string of the molecule is CCCCC=C(C)CCC1OC1(C)C. The lowest BCUT2D eigenvalue weighted by molar-refractivity contribution is 0.320. The van der Waals surface area contributed by atoms with Gasteiger partial charge < -0.3 is 4.74 Å². The van der Waals surface area contributed by atoms with Crippen molar-refractivity contribution in [3.8, 4) is 0 Å². The predicted octanol–water partition coefficient (Wildman–Crippen LogP) is 4.08. The molecule has 0 radical (unpaired) electrons. The quantitative estimate of drug-likeness (QED) is 0.354. The average molecular weight is 196 g/mol. The first-order valence-electron chi connectivity index (χ1n) is 5.89. The van der Waals surface area contributed by atoms with Crippen molar-refractivity contribution in [2.45, 2.75) is 71.5 Å². The van der Waals surface area contributed by atoms with Gasteiger partial charge in [0, 0.05) is 0 Å². The Morgan fingerprint density at radius 3 is 2.57 bits per heavy atom. The van der Waals surface area contributed by atoms with Crippen LogP contribution in [0.15, 0.2) is 11.6 Å². The Balaban J connectivity index is 2.09. The van der Waals surface area contributed by atoms with Crippen LogP contribution in [0.1, 0.15) is 59.8 Å². The number of epoxide rings is 1. The monoisotopic (exact) mass is 196 g/mol. The summed E-state index contributed by atoms with van der Waals surface area (Å²) in [5.74, 6) is 0. The minimum atomic E-state index is 0.170. The molecule has 0 aromatic rings. The van der Waals surface area contributed by atoms with Gasteiger partial charge in [-0.1, -0.05) is 31.4 Å². The molecule has 1 aliphatic rings. The average Bonchev–Trinajstić information content (AvgIpc) is 2.71. The molecule has 0 spiro atoms. The Kier molecular flexibility index (Phi) is 4.18. The van der Waals surface area contributed by atoms with Crippen LogP contribution in [-0.4, -0.2) is 11.7 Å². The van der Waals surface area contributed by atoms with E-state index in [-0.39, 0.29) is 5.60 Å². The molecule has 0 aliphatic carbocycles. The molecule has 0 saturated carbocycles. The number of ether oxygens (including phenoxy) is 1. The van der Waals surface area contributed by atoms with Gasteiger partial charge in [-0.05, 0) is 40.0 Å². The second-order valence-electron chi connectivity index (χ2n) is 4.94. The van der Waals surface area contributed by atoms with Crippen LogP contribution in [0.25, 0.3) is 0 Å². The third kappa shape index (κ3) is 3.83. The van der Waals surface area contributed by atoms with Crippen molar-refractivity contribution in [2.24, 2.45) is 0 Å². The Hall–Kier alpha value is -0.300. The minimum Gasteiger partial charge on any atom is -0.367 e. The summed E-state index contributed by atoms with van der Waals surface area (Å²) in [6.45, 7) is 8.83. The molecule has 1 nitrogen and oxygen atoms in total. The van der Waals surface area contributed by atoms with Gasteiger partial charge in [-0.15, -0.1) is 0 Å². The van der Waals surface area contributed by atoms with Crippen molar-refractivity contribution in [3.05, 3.63) is 11.6 Å². The molecule has 82 valence electrons. The molecule has 1 aliphatic heterocycles. The maximum atomic E-state index is 5.55. The first-order chi connectivity index (χ1) is 6.56. The first kappa shape index (κ1) is 11.8. The van der Waals surface area contributed by atoms with Gasteiger partial charge >= 0.3 is 0 Å². The smallest absolute Gasteiger partial charge is 0.0892 e. The summed E-state index contributed by atoms with van der Waals surface area (Å²) in [6.07, 6.45) is 9.16. The molecule has 1 heterocycles. The Morgan fingerprint density at radius 1 is 1.43 bits per heavy atom. The van der Waals surface area contributed by atoms with E-state index in [1.165, 1.54) is 37.7 Å². The van der Waals surface area contributed by atoms with Gasteiger partial charge in [-0.3, -0.25) is 0 Å². The number of rotatable bonds is 6. The van der Waals surface area contributed by atoms with Crippen molar-refractivity contribution in [2.75, 3.05) is 0 Å². The fourth-order valence-corrected chi connectivity index (χ4v) is 1.75. The highest BCUT2D eigenvalue weighted by Gasteiger charge is 2.46. The molecule has 1 saturated heterocycles. The van der Waals surface area contributed by atoms with Crippen LogP contribution in [-0.2, 0) is 4.74 Å². The zero-order valence-electron chi connectivity index (χ0n) is 10.1. The van der Waals surface area contributed by atoms with E-state index in [2.05, 4.69) is 33.8 Å². The summed E-state index contributed by atoms with van der Waals surface area (Å²) in [7, 11) is 0. The lowest BCUT2D eigenvalue weighted by atomic mass is 10.0. The molecule has 1 fully saturated rings.